The predicted octanol–water partition coefficient (Wildman–Crippen LogP) is 7.85. The van der Waals surface area contributed by atoms with Crippen molar-refractivity contribution in [1.82, 2.24) is 0 Å². The molecule has 0 nitrogen and oxygen atoms in total. The minimum atomic E-state index is -4.84. The van der Waals surface area contributed by atoms with Crippen molar-refractivity contribution >= 4 is 10.8 Å². The lowest BCUT2D eigenvalue weighted by Gasteiger charge is -2.42. The van der Waals surface area contributed by atoms with Gasteiger partial charge in [0.25, 0.3) is 0 Å². The van der Waals surface area contributed by atoms with Crippen LogP contribution in [-0.2, 0) is 6.18 Å². The first-order chi connectivity index (χ1) is 13.3. The third kappa shape index (κ3) is 3.42. The minimum absolute atomic E-state index is 0.0131. The largest absolute Gasteiger partial charge is 0.419 e. The Balaban J connectivity index is 1.74. The second-order valence-electron chi connectivity index (χ2n) is 8.61. The third-order valence-corrected chi connectivity index (χ3v) is 7.11. The van der Waals surface area contributed by atoms with Gasteiger partial charge in [-0.2, -0.15) is 13.2 Å². The van der Waals surface area contributed by atoms with E-state index in [4.69, 9.17) is 0 Å². The van der Waals surface area contributed by atoms with Crippen LogP contribution in [-0.4, -0.2) is 0 Å². The van der Waals surface area contributed by atoms with Gasteiger partial charge in [-0.25, -0.2) is 8.78 Å². The SMILES string of the molecule is CC[C@@H]1CC[C@@H]2CC(c3cc4cccc(F)c4c(F)c3C(F)(F)F)CCC2C1. The van der Waals surface area contributed by atoms with Gasteiger partial charge in [0.1, 0.15) is 11.6 Å². The van der Waals surface area contributed by atoms with Crippen molar-refractivity contribution in [3.8, 4) is 0 Å². The molecule has 4 rings (SSSR count). The van der Waals surface area contributed by atoms with Crippen molar-refractivity contribution in [2.75, 3.05) is 0 Å². The molecule has 0 amide bonds. The molecule has 2 aliphatic rings. The third-order valence-electron chi connectivity index (χ3n) is 7.11. The van der Waals surface area contributed by atoms with Crippen LogP contribution >= 0.6 is 0 Å². The summed E-state index contributed by atoms with van der Waals surface area (Å²) >= 11 is 0. The first-order valence-corrected chi connectivity index (χ1v) is 10.3. The Hall–Kier alpha value is -1.65. The second kappa shape index (κ2) is 7.31. The molecule has 2 aromatic carbocycles. The molecule has 4 atom stereocenters. The van der Waals surface area contributed by atoms with Crippen LogP contribution in [0, 0.1) is 29.4 Å². The van der Waals surface area contributed by atoms with Gasteiger partial charge in [0, 0.05) is 0 Å². The summed E-state index contributed by atoms with van der Waals surface area (Å²) in [6, 6.07) is 5.29. The van der Waals surface area contributed by atoms with Gasteiger partial charge in [0.15, 0.2) is 0 Å². The Labute approximate surface area is 162 Å². The highest BCUT2D eigenvalue weighted by atomic mass is 19.4. The molecule has 0 N–H and O–H groups in total. The Kier molecular flexibility index (Phi) is 5.13. The van der Waals surface area contributed by atoms with Gasteiger partial charge in [0.2, 0.25) is 0 Å². The highest BCUT2D eigenvalue weighted by Gasteiger charge is 2.42. The fourth-order valence-corrected chi connectivity index (χ4v) is 5.63. The standard InChI is InChI=1S/C23H25F5/c1-2-13-6-7-15-11-16(9-8-14(15)10-13)18-12-17-4-3-5-19(24)20(17)22(25)21(18)23(26,27)28/h3-5,12-16H,2,6-11H2,1H3/t13-,14?,15-,16?/m1/s1. The van der Waals surface area contributed by atoms with Crippen LogP contribution in [0.3, 0.4) is 0 Å². The highest BCUT2D eigenvalue weighted by Crippen LogP contribution is 2.51. The van der Waals surface area contributed by atoms with Crippen molar-refractivity contribution in [3.63, 3.8) is 0 Å². The van der Waals surface area contributed by atoms with Crippen LogP contribution < -0.4 is 0 Å². The fraction of sp³-hybridized carbons (Fsp3) is 0.565. The number of rotatable bonds is 2. The summed E-state index contributed by atoms with van der Waals surface area (Å²) in [5.74, 6) is -1.02. The van der Waals surface area contributed by atoms with Crippen molar-refractivity contribution < 1.29 is 22.0 Å². The van der Waals surface area contributed by atoms with E-state index in [-0.39, 0.29) is 16.9 Å². The number of hydrogen-bond donors (Lipinski definition) is 0. The monoisotopic (exact) mass is 396 g/mol. The quantitative estimate of drug-likeness (QED) is 0.454. The smallest absolute Gasteiger partial charge is 0.206 e. The van der Waals surface area contributed by atoms with Gasteiger partial charge < -0.3 is 0 Å². The first kappa shape index (κ1) is 19.7. The zero-order valence-corrected chi connectivity index (χ0v) is 16.0. The fourth-order valence-electron chi connectivity index (χ4n) is 5.63. The lowest BCUT2D eigenvalue weighted by atomic mass is 9.63. The lowest BCUT2D eigenvalue weighted by molar-refractivity contribution is -0.140. The molecule has 2 saturated carbocycles. The Morgan fingerprint density at radius 2 is 1.68 bits per heavy atom. The summed E-state index contributed by atoms with van der Waals surface area (Å²) in [6.45, 7) is 2.20. The molecule has 2 aromatic rings. The van der Waals surface area contributed by atoms with Crippen LogP contribution in [0.15, 0.2) is 24.3 Å². The van der Waals surface area contributed by atoms with Gasteiger partial charge in [-0.1, -0.05) is 31.9 Å². The van der Waals surface area contributed by atoms with Gasteiger partial charge in [-0.3, -0.25) is 0 Å². The molecule has 152 valence electrons. The van der Waals surface area contributed by atoms with E-state index in [1.54, 1.807) is 0 Å². The molecule has 0 heterocycles. The normalized spacial score (nSPS) is 28.4. The molecule has 0 bridgehead atoms. The van der Waals surface area contributed by atoms with Crippen LogP contribution in [0.1, 0.15) is 68.9 Å². The molecule has 2 fully saturated rings. The van der Waals surface area contributed by atoms with E-state index in [0.29, 0.717) is 24.7 Å². The maximum Gasteiger partial charge on any atom is 0.419 e. The number of hydrogen-bond acceptors (Lipinski definition) is 0. The zero-order valence-electron chi connectivity index (χ0n) is 16.0. The van der Waals surface area contributed by atoms with Gasteiger partial charge in [0.05, 0.1) is 10.9 Å². The minimum Gasteiger partial charge on any atom is -0.206 e. The van der Waals surface area contributed by atoms with Crippen molar-refractivity contribution in [2.24, 2.45) is 17.8 Å². The van der Waals surface area contributed by atoms with E-state index < -0.39 is 28.8 Å². The average molecular weight is 396 g/mol. The summed E-state index contributed by atoms with van der Waals surface area (Å²) in [4.78, 5) is 0. The summed E-state index contributed by atoms with van der Waals surface area (Å²) in [5, 5.41) is -0.354. The van der Waals surface area contributed by atoms with E-state index in [1.807, 2.05) is 0 Å². The van der Waals surface area contributed by atoms with Crippen LogP contribution in [0.25, 0.3) is 10.8 Å². The number of benzene rings is 2. The molecule has 5 heteroatoms. The molecule has 0 aromatic heterocycles. The van der Waals surface area contributed by atoms with E-state index in [0.717, 1.165) is 44.1 Å². The molecule has 0 saturated heterocycles. The molecule has 2 aliphatic carbocycles. The molecule has 2 unspecified atom stereocenters. The Morgan fingerprint density at radius 3 is 2.39 bits per heavy atom. The predicted molar refractivity (Wildman–Crippen MR) is 100 cm³/mol. The summed E-state index contributed by atoms with van der Waals surface area (Å²) in [5.41, 5.74) is -1.25. The number of fused-ring (bicyclic) bond motifs is 2. The molecule has 28 heavy (non-hydrogen) atoms. The van der Waals surface area contributed by atoms with Gasteiger partial charge in [-0.15, -0.1) is 0 Å². The van der Waals surface area contributed by atoms with Crippen LogP contribution in [0.2, 0.25) is 0 Å². The molecule has 0 spiro atoms. The number of halogens is 5. The van der Waals surface area contributed by atoms with Crippen LogP contribution in [0.4, 0.5) is 22.0 Å². The summed E-state index contributed by atoms with van der Waals surface area (Å²) < 4.78 is 70.4. The van der Waals surface area contributed by atoms with Crippen molar-refractivity contribution in [1.29, 1.82) is 0 Å². The zero-order chi connectivity index (χ0) is 20.1. The summed E-state index contributed by atoms with van der Waals surface area (Å²) in [6.07, 6.45) is 1.87. The molecule has 0 radical (unpaired) electrons. The van der Waals surface area contributed by atoms with E-state index in [2.05, 4.69) is 6.92 Å². The van der Waals surface area contributed by atoms with Gasteiger partial charge in [-0.05, 0) is 78.9 Å². The Morgan fingerprint density at radius 1 is 0.964 bits per heavy atom. The van der Waals surface area contributed by atoms with Gasteiger partial charge >= 0.3 is 6.18 Å². The number of alkyl halides is 3. The average Bonchev–Trinajstić information content (AvgIpc) is 2.65. The van der Waals surface area contributed by atoms with E-state index >= 15 is 0 Å². The van der Waals surface area contributed by atoms with Crippen molar-refractivity contribution in [3.05, 3.63) is 47.0 Å². The molecular weight excluding hydrogens is 371 g/mol. The second-order valence-corrected chi connectivity index (χ2v) is 8.61. The maximum absolute atomic E-state index is 14.9. The van der Waals surface area contributed by atoms with E-state index in [9.17, 15) is 22.0 Å². The molecule has 0 aliphatic heterocycles. The van der Waals surface area contributed by atoms with E-state index in [1.165, 1.54) is 18.2 Å². The van der Waals surface area contributed by atoms with Crippen LogP contribution in [0.5, 0.6) is 0 Å². The first-order valence-electron chi connectivity index (χ1n) is 10.3. The highest BCUT2D eigenvalue weighted by molar-refractivity contribution is 5.86. The Bertz CT molecular complexity index is 869. The topological polar surface area (TPSA) is 0 Å². The van der Waals surface area contributed by atoms with Crippen molar-refractivity contribution in [2.45, 2.75) is 64.0 Å². The lowest BCUT2D eigenvalue weighted by Crippen LogP contribution is -2.31. The maximum atomic E-state index is 14.9. The summed E-state index contributed by atoms with van der Waals surface area (Å²) in [7, 11) is 0. The molecular formula is C23H25F5.